The van der Waals surface area contributed by atoms with Crippen LogP contribution in [0.5, 0.6) is 0 Å². The molecule has 0 saturated heterocycles. The normalized spacial score (nSPS) is 12.2. The molecule has 0 radical (unpaired) electrons. The Hall–Kier alpha value is -2.87. The van der Waals surface area contributed by atoms with Gasteiger partial charge in [0.05, 0.1) is 11.2 Å². The maximum absolute atomic E-state index is 5.85. The first kappa shape index (κ1) is 17.0. The SMILES string of the molecule is CCCC(CN)CNc1nc(-c2cnc(N)nc2)cc2nccnc12. The average molecular weight is 338 g/mol. The lowest BCUT2D eigenvalue weighted by molar-refractivity contribution is 0.513. The Balaban J connectivity index is 1.96. The summed E-state index contributed by atoms with van der Waals surface area (Å²) in [5.74, 6) is 1.31. The molecule has 25 heavy (non-hydrogen) atoms. The van der Waals surface area contributed by atoms with E-state index in [2.05, 4.69) is 32.2 Å². The maximum atomic E-state index is 5.85. The molecule has 0 aliphatic rings. The van der Waals surface area contributed by atoms with Gasteiger partial charge in [-0.05, 0) is 24.9 Å². The quantitative estimate of drug-likeness (QED) is 0.595. The second-order valence-corrected chi connectivity index (χ2v) is 5.88. The second-order valence-electron chi connectivity index (χ2n) is 5.88. The third-order valence-electron chi connectivity index (χ3n) is 4.01. The van der Waals surface area contributed by atoms with E-state index >= 15 is 0 Å². The molecule has 0 aliphatic heterocycles. The molecule has 3 rings (SSSR count). The summed E-state index contributed by atoms with van der Waals surface area (Å²) < 4.78 is 0. The lowest BCUT2D eigenvalue weighted by Crippen LogP contribution is -2.23. The number of aromatic nitrogens is 5. The third-order valence-corrected chi connectivity index (χ3v) is 4.01. The molecule has 8 heteroatoms. The number of rotatable bonds is 7. The molecule has 8 nitrogen and oxygen atoms in total. The fourth-order valence-electron chi connectivity index (χ4n) is 2.67. The van der Waals surface area contributed by atoms with E-state index in [-0.39, 0.29) is 5.95 Å². The van der Waals surface area contributed by atoms with Crippen LogP contribution in [0.2, 0.25) is 0 Å². The van der Waals surface area contributed by atoms with E-state index in [0.717, 1.165) is 41.7 Å². The van der Waals surface area contributed by atoms with E-state index in [1.165, 1.54) is 0 Å². The van der Waals surface area contributed by atoms with Gasteiger partial charge in [0.2, 0.25) is 5.95 Å². The molecule has 0 aromatic carbocycles. The fraction of sp³-hybridized carbons (Fsp3) is 0.353. The Kier molecular flexibility index (Phi) is 5.30. The Labute approximate surface area is 146 Å². The van der Waals surface area contributed by atoms with Crippen molar-refractivity contribution in [1.29, 1.82) is 0 Å². The molecule has 130 valence electrons. The van der Waals surface area contributed by atoms with E-state index in [1.807, 2.05) is 6.07 Å². The minimum Gasteiger partial charge on any atom is -0.368 e. The first-order valence-electron chi connectivity index (χ1n) is 8.34. The second kappa shape index (κ2) is 7.80. The molecular weight excluding hydrogens is 316 g/mol. The van der Waals surface area contributed by atoms with Crippen LogP contribution in [0.1, 0.15) is 19.8 Å². The Morgan fingerprint density at radius 2 is 1.88 bits per heavy atom. The van der Waals surface area contributed by atoms with Gasteiger partial charge >= 0.3 is 0 Å². The minimum atomic E-state index is 0.230. The van der Waals surface area contributed by atoms with Gasteiger partial charge in [-0.1, -0.05) is 13.3 Å². The molecule has 0 fully saturated rings. The van der Waals surface area contributed by atoms with Crippen molar-refractivity contribution in [3.63, 3.8) is 0 Å². The monoisotopic (exact) mass is 338 g/mol. The van der Waals surface area contributed by atoms with Crippen LogP contribution in [0.4, 0.5) is 11.8 Å². The van der Waals surface area contributed by atoms with Crippen molar-refractivity contribution in [1.82, 2.24) is 24.9 Å². The highest BCUT2D eigenvalue weighted by Crippen LogP contribution is 2.25. The smallest absolute Gasteiger partial charge is 0.219 e. The molecule has 1 unspecified atom stereocenters. The van der Waals surface area contributed by atoms with Crippen LogP contribution in [-0.4, -0.2) is 38.0 Å². The zero-order valence-corrected chi connectivity index (χ0v) is 14.2. The number of hydrogen-bond acceptors (Lipinski definition) is 8. The van der Waals surface area contributed by atoms with E-state index in [1.54, 1.807) is 24.8 Å². The summed E-state index contributed by atoms with van der Waals surface area (Å²) in [7, 11) is 0. The van der Waals surface area contributed by atoms with Gasteiger partial charge < -0.3 is 16.8 Å². The van der Waals surface area contributed by atoms with Crippen LogP contribution in [-0.2, 0) is 0 Å². The minimum absolute atomic E-state index is 0.230. The number of nitrogens with one attached hydrogen (secondary N) is 1. The maximum Gasteiger partial charge on any atom is 0.219 e. The third kappa shape index (κ3) is 3.97. The zero-order chi connectivity index (χ0) is 17.6. The summed E-state index contributed by atoms with van der Waals surface area (Å²) in [6, 6.07) is 1.87. The van der Waals surface area contributed by atoms with E-state index < -0.39 is 0 Å². The van der Waals surface area contributed by atoms with Crippen LogP contribution < -0.4 is 16.8 Å². The van der Waals surface area contributed by atoms with Crippen LogP contribution >= 0.6 is 0 Å². The van der Waals surface area contributed by atoms with Crippen LogP contribution in [0, 0.1) is 5.92 Å². The number of pyridine rings is 1. The van der Waals surface area contributed by atoms with Crippen molar-refractivity contribution in [2.24, 2.45) is 11.7 Å². The van der Waals surface area contributed by atoms with Crippen molar-refractivity contribution in [3.05, 3.63) is 30.9 Å². The molecule has 0 bridgehead atoms. The summed E-state index contributed by atoms with van der Waals surface area (Å²) in [6.07, 6.45) is 8.79. The van der Waals surface area contributed by atoms with Gasteiger partial charge in [-0.3, -0.25) is 4.98 Å². The summed E-state index contributed by atoms with van der Waals surface area (Å²) in [6.45, 7) is 3.53. The van der Waals surface area contributed by atoms with Gasteiger partial charge in [0, 0.05) is 36.9 Å². The molecular formula is C17H22N8. The average Bonchev–Trinajstić information content (AvgIpc) is 2.65. The summed E-state index contributed by atoms with van der Waals surface area (Å²) in [5.41, 5.74) is 14.4. The van der Waals surface area contributed by atoms with Crippen molar-refractivity contribution in [3.8, 4) is 11.3 Å². The van der Waals surface area contributed by atoms with Gasteiger partial charge in [-0.15, -0.1) is 0 Å². The van der Waals surface area contributed by atoms with Gasteiger partial charge in [0.1, 0.15) is 5.52 Å². The van der Waals surface area contributed by atoms with Crippen molar-refractivity contribution in [2.45, 2.75) is 19.8 Å². The van der Waals surface area contributed by atoms with Crippen molar-refractivity contribution >= 4 is 22.8 Å². The number of fused-ring (bicyclic) bond motifs is 1. The number of hydrogen-bond donors (Lipinski definition) is 3. The highest BCUT2D eigenvalue weighted by Gasteiger charge is 2.12. The van der Waals surface area contributed by atoms with E-state index in [4.69, 9.17) is 16.5 Å². The predicted octanol–water partition coefficient (Wildman–Crippen LogP) is 1.85. The molecule has 0 aliphatic carbocycles. The summed E-state index contributed by atoms with van der Waals surface area (Å²) >= 11 is 0. The molecule has 0 saturated carbocycles. The first-order valence-corrected chi connectivity index (χ1v) is 8.34. The number of nitrogen functional groups attached to an aromatic ring is 1. The number of anilines is 2. The molecule has 3 aromatic heterocycles. The highest BCUT2D eigenvalue weighted by molar-refractivity contribution is 5.88. The Morgan fingerprint density at radius 3 is 2.60 bits per heavy atom. The predicted molar refractivity (Wildman–Crippen MR) is 98.7 cm³/mol. The largest absolute Gasteiger partial charge is 0.368 e. The van der Waals surface area contributed by atoms with Crippen molar-refractivity contribution in [2.75, 3.05) is 24.1 Å². The Morgan fingerprint density at radius 1 is 1.12 bits per heavy atom. The van der Waals surface area contributed by atoms with Crippen LogP contribution in [0.15, 0.2) is 30.9 Å². The number of nitrogens with zero attached hydrogens (tertiary/aromatic N) is 5. The van der Waals surface area contributed by atoms with E-state index in [9.17, 15) is 0 Å². The molecule has 0 amide bonds. The van der Waals surface area contributed by atoms with Gasteiger partial charge in [0.15, 0.2) is 5.82 Å². The molecule has 3 aromatic rings. The standard InChI is InChI=1S/C17H22N8/c1-2-3-11(7-18)8-22-16-15-14(20-4-5-21-15)6-13(25-16)12-9-23-17(19)24-10-12/h4-6,9-11H,2-3,7-8,18H2,1H3,(H,22,25)(H2,19,23,24). The molecule has 1 atom stereocenters. The Bertz CT molecular complexity index is 834. The summed E-state index contributed by atoms with van der Waals surface area (Å²) in [4.78, 5) is 21.6. The lowest BCUT2D eigenvalue weighted by atomic mass is 10.0. The first-order chi connectivity index (χ1) is 12.2. The highest BCUT2D eigenvalue weighted by atomic mass is 15.0. The topological polar surface area (TPSA) is 129 Å². The van der Waals surface area contributed by atoms with Gasteiger partial charge in [-0.2, -0.15) is 0 Å². The molecule has 3 heterocycles. The zero-order valence-electron chi connectivity index (χ0n) is 14.2. The fourth-order valence-corrected chi connectivity index (χ4v) is 2.67. The van der Waals surface area contributed by atoms with Gasteiger partial charge in [-0.25, -0.2) is 19.9 Å². The molecule has 0 spiro atoms. The van der Waals surface area contributed by atoms with Gasteiger partial charge in [0.25, 0.3) is 0 Å². The van der Waals surface area contributed by atoms with Crippen molar-refractivity contribution < 1.29 is 0 Å². The van der Waals surface area contributed by atoms with E-state index in [0.29, 0.717) is 18.3 Å². The lowest BCUT2D eigenvalue weighted by Gasteiger charge is -2.16. The molecule has 5 N–H and O–H groups in total. The summed E-state index contributed by atoms with van der Waals surface area (Å²) in [5, 5.41) is 3.39. The van der Waals surface area contributed by atoms with Crippen LogP contribution in [0.3, 0.4) is 0 Å². The van der Waals surface area contributed by atoms with Crippen LogP contribution in [0.25, 0.3) is 22.3 Å². The number of nitrogens with two attached hydrogens (primary N) is 2.